The minimum atomic E-state index is -0.145. The Morgan fingerprint density at radius 3 is 2.24 bits per heavy atom. The molecule has 0 fully saturated rings. The molecule has 0 radical (unpaired) electrons. The number of nitrogens with zero attached hydrogens (tertiary/aromatic N) is 3. The van der Waals surface area contributed by atoms with Crippen LogP contribution in [0.1, 0.15) is 25.0 Å². The van der Waals surface area contributed by atoms with E-state index in [4.69, 9.17) is 9.97 Å². The van der Waals surface area contributed by atoms with E-state index in [2.05, 4.69) is 146 Å². The first-order valence-electron chi connectivity index (χ1n) is 15.4. The van der Waals surface area contributed by atoms with Gasteiger partial charge in [-0.15, -0.1) is 11.3 Å². The summed E-state index contributed by atoms with van der Waals surface area (Å²) in [5.41, 5.74) is 9.15. The van der Waals surface area contributed by atoms with E-state index in [0.717, 1.165) is 33.1 Å². The third-order valence-corrected chi connectivity index (χ3v) is 10.9. The summed E-state index contributed by atoms with van der Waals surface area (Å²) in [6.07, 6.45) is 0. The number of thiophene rings is 1. The van der Waals surface area contributed by atoms with Gasteiger partial charge >= 0.3 is 0 Å². The van der Waals surface area contributed by atoms with Crippen molar-refractivity contribution >= 4 is 64.1 Å². The predicted octanol–water partition coefficient (Wildman–Crippen LogP) is 11.1. The molecule has 0 bridgehead atoms. The van der Waals surface area contributed by atoms with Crippen molar-refractivity contribution in [2.75, 3.05) is 0 Å². The zero-order chi connectivity index (χ0) is 29.9. The van der Waals surface area contributed by atoms with Gasteiger partial charge < -0.3 is 0 Å². The highest BCUT2D eigenvalue weighted by Crippen LogP contribution is 2.53. The molecule has 6 aromatic carbocycles. The average Bonchev–Trinajstić information content (AvgIpc) is 3.70. The Bertz CT molecular complexity index is 2690. The van der Waals surface area contributed by atoms with Crippen LogP contribution in [0.4, 0.5) is 0 Å². The standard InChI is InChI=1S/C41H27N3S/c1-41(2)32-16-8-5-14-28(32)39-36(41)29-15-6-9-17-33(29)44(39)40-42-37(30-21-19-24-11-3-4-12-26(24)38(30)43-40)25-20-22-35-31(23-25)27-13-7-10-18-34(27)45-35/h3-23H,1-2H3. The van der Waals surface area contributed by atoms with Gasteiger partial charge in [0.15, 0.2) is 0 Å². The summed E-state index contributed by atoms with van der Waals surface area (Å²) in [7, 11) is 0. The van der Waals surface area contributed by atoms with Gasteiger partial charge in [0.1, 0.15) is 0 Å². The molecule has 0 saturated heterocycles. The highest BCUT2D eigenvalue weighted by atomic mass is 32.1. The van der Waals surface area contributed by atoms with Gasteiger partial charge in [-0.25, -0.2) is 9.97 Å². The van der Waals surface area contributed by atoms with Crippen LogP contribution in [-0.2, 0) is 5.41 Å². The van der Waals surface area contributed by atoms with Gasteiger partial charge in [0, 0.05) is 52.9 Å². The molecule has 3 aromatic heterocycles. The van der Waals surface area contributed by atoms with Crippen molar-refractivity contribution in [3.05, 3.63) is 139 Å². The van der Waals surface area contributed by atoms with Crippen LogP contribution >= 0.6 is 11.3 Å². The Morgan fingerprint density at radius 1 is 0.600 bits per heavy atom. The molecular formula is C41H27N3S. The van der Waals surface area contributed by atoms with E-state index in [1.165, 1.54) is 53.3 Å². The number of aromatic nitrogens is 3. The maximum absolute atomic E-state index is 5.50. The molecule has 0 amide bonds. The second-order valence-electron chi connectivity index (χ2n) is 12.6. The van der Waals surface area contributed by atoms with E-state index in [9.17, 15) is 0 Å². The molecule has 0 spiro atoms. The molecule has 1 aliphatic carbocycles. The molecule has 0 atom stereocenters. The van der Waals surface area contributed by atoms with Gasteiger partial charge in [-0.3, -0.25) is 4.57 Å². The summed E-state index contributed by atoms with van der Waals surface area (Å²) in [6.45, 7) is 4.68. The van der Waals surface area contributed by atoms with Crippen molar-refractivity contribution in [1.29, 1.82) is 0 Å². The lowest BCUT2D eigenvalue weighted by Gasteiger charge is -2.21. The van der Waals surface area contributed by atoms with Gasteiger partial charge in [0.05, 0.1) is 22.4 Å². The molecule has 0 unspecified atom stereocenters. The van der Waals surface area contributed by atoms with Gasteiger partial charge in [-0.05, 0) is 46.8 Å². The van der Waals surface area contributed by atoms with Gasteiger partial charge in [0.2, 0.25) is 5.95 Å². The number of para-hydroxylation sites is 1. The number of benzene rings is 6. The first kappa shape index (κ1) is 25.1. The zero-order valence-electron chi connectivity index (χ0n) is 24.9. The molecule has 3 heterocycles. The first-order valence-corrected chi connectivity index (χ1v) is 16.2. The lowest BCUT2D eigenvalue weighted by atomic mass is 9.81. The molecule has 0 aliphatic heterocycles. The lowest BCUT2D eigenvalue weighted by Crippen LogP contribution is -2.14. The second kappa shape index (κ2) is 8.87. The van der Waals surface area contributed by atoms with Crippen molar-refractivity contribution < 1.29 is 0 Å². The van der Waals surface area contributed by atoms with Crippen molar-refractivity contribution in [3.8, 4) is 28.5 Å². The van der Waals surface area contributed by atoms with Crippen LogP contribution < -0.4 is 0 Å². The molecule has 45 heavy (non-hydrogen) atoms. The Kier molecular flexibility index (Phi) is 4.94. The molecule has 1 aliphatic rings. The smallest absolute Gasteiger partial charge is 0.235 e. The predicted molar refractivity (Wildman–Crippen MR) is 190 cm³/mol. The van der Waals surface area contributed by atoms with Crippen LogP contribution in [0.15, 0.2) is 127 Å². The molecule has 9 aromatic rings. The molecule has 0 saturated carbocycles. The van der Waals surface area contributed by atoms with E-state index in [1.807, 2.05) is 11.3 Å². The number of hydrogen-bond donors (Lipinski definition) is 0. The maximum Gasteiger partial charge on any atom is 0.235 e. The van der Waals surface area contributed by atoms with E-state index in [0.29, 0.717) is 5.95 Å². The van der Waals surface area contributed by atoms with Crippen molar-refractivity contribution in [3.63, 3.8) is 0 Å². The largest absolute Gasteiger partial charge is 0.278 e. The summed E-state index contributed by atoms with van der Waals surface area (Å²) in [5.74, 6) is 0.703. The van der Waals surface area contributed by atoms with E-state index in [1.54, 1.807) is 0 Å². The third kappa shape index (κ3) is 3.35. The van der Waals surface area contributed by atoms with E-state index in [-0.39, 0.29) is 5.41 Å². The van der Waals surface area contributed by atoms with E-state index >= 15 is 0 Å². The molecule has 10 rings (SSSR count). The van der Waals surface area contributed by atoms with Gasteiger partial charge in [-0.1, -0.05) is 111 Å². The van der Waals surface area contributed by atoms with Crippen molar-refractivity contribution in [2.24, 2.45) is 0 Å². The summed E-state index contributed by atoms with van der Waals surface area (Å²) >= 11 is 1.84. The fourth-order valence-corrected chi connectivity index (χ4v) is 8.84. The van der Waals surface area contributed by atoms with Crippen LogP contribution in [0.3, 0.4) is 0 Å². The molecule has 0 N–H and O–H groups in total. The zero-order valence-corrected chi connectivity index (χ0v) is 25.7. The van der Waals surface area contributed by atoms with Crippen LogP contribution in [0, 0.1) is 0 Å². The number of hydrogen-bond acceptors (Lipinski definition) is 3. The fourth-order valence-electron chi connectivity index (χ4n) is 7.75. The SMILES string of the molecule is CC1(C)c2ccccc2-c2c1c1ccccc1n2-c1nc(-c2ccc3sc4ccccc4c3c2)c2ccc3ccccc3c2n1. The van der Waals surface area contributed by atoms with Crippen LogP contribution in [0.25, 0.3) is 81.2 Å². The molecule has 4 heteroatoms. The Morgan fingerprint density at radius 2 is 1.33 bits per heavy atom. The topological polar surface area (TPSA) is 30.7 Å². The highest BCUT2D eigenvalue weighted by molar-refractivity contribution is 7.25. The highest BCUT2D eigenvalue weighted by Gasteiger charge is 2.40. The summed E-state index contributed by atoms with van der Waals surface area (Å²) in [5, 5.41) is 7.18. The first-order chi connectivity index (χ1) is 22.1. The quantitative estimate of drug-likeness (QED) is 0.187. The van der Waals surface area contributed by atoms with E-state index < -0.39 is 0 Å². The number of rotatable bonds is 2. The molecular weight excluding hydrogens is 567 g/mol. The van der Waals surface area contributed by atoms with Crippen LogP contribution in [0.5, 0.6) is 0 Å². The maximum atomic E-state index is 5.50. The summed E-state index contributed by atoms with van der Waals surface area (Å²) in [6, 6.07) is 46.0. The van der Waals surface area contributed by atoms with Crippen molar-refractivity contribution in [2.45, 2.75) is 19.3 Å². The molecule has 3 nitrogen and oxygen atoms in total. The minimum Gasteiger partial charge on any atom is -0.278 e. The molecule has 212 valence electrons. The minimum absolute atomic E-state index is 0.145. The summed E-state index contributed by atoms with van der Waals surface area (Å²) < 4.78 is 4.91. The Hall–Kier alpha value is -5.32. The van der Waals surface area contributed by atoms with Crippen LogP contribution in [0.2, 0.25) is 0 Å². The fraction of sp³-hybridized carbons (Fsp3) is 0.0732. The third-order valence-electron chi connectivity index (χ3n) is 9.78. The Labute approximate surface area is 264 Å². The number of fused-ring (bicyclic) bond motifs is 11. The van der Waals surface area contributed by atoms with Gasteiger partial charge in [-0.2, -0.15) is 0 Å². The summed E-state index contributed by atoms with van der Waals surface area (Å²) in [4.78, 5) is 10.9. The Balaban J connectivity index is 1.35. The normalized spacial score (nSPS) is 13.7. The lowest BCUT2D eigenvalue weighted by molar-refractivity contribution is 0.666. The van der Waals surface area contributed by atoms with Crippen LogP contribution in [-0.4, -0.2) is 14.5 Å². The average molecular weight is 594 g/mol. The van der Waals surface area contributed by atoms with Crippen molar-refractivity contribution in [1.82, 2.24) is 14.5 Å². The van der Waals surface area contributed by atoms with Gasteiger partial charge in [0.25, 0.3) is 0 Å². The second-order valence-corrected chi connectivity index (χ2v) is 13.7. The monoisotopic (exact) mass is 593 g/mol.